The average Bonchev–Trinajstić information content (AvgIpc) is 2.79. The molecule has 0 radical (unpaired) electrons. The number of anilines is 2. The zero-order valence-electron chi connectivity index (χ0n) is 18.8. The molecule has 0 unspecified atom stereocenters. The number of aromatic nitrogens is 2. The van der Waals surface area contributed by atoms with E-state index in [9.17, 15) is 0 Å². The zero-order chi connectivity index (χ0) is 21.6. The van der Waals surface area contributed by atoms with Gasteiger partial charge >= 0.3 is 0 Å². The maximum Gasteiger partial charge on any atom is 0.225 e. The van der Waals surface area contributed by atoms with E-state index < -0.39 is 0 Å². The number of nitrogens with one attached hydrogen (secondary N) is 2. The van der Waals surface area contributed by atoms with Gasteiger partial charge in [0.25, 0.3) is 0 Å². The van der Waals surface area contributed by atoms with Gasteiger partial charge in [0.2, 0.25) is 5.95 Å². The molecule has 4 rings (SSSR count). The van der Waals surface area contributed by atoms with Gasteiger partial charge < -0.3 is 20.3 Å². The van der Waals surface area contributed by atoms with Gasteiger partial charge in [-0.2, -0.15) is 4.98 Å². The molecule has 0 aliphatic heterocycles. The van der Waals surface area contributed by atoms with Gasteiger partial charge in [0.1, 0.15) is 11.6 Å². The summed E-state index contributed by atoms with van der Waals surface area (Å²) in [6.45, 7) is 3.57. The zero-order valence-corrected chi connectivity index (χ0v) is 18.8. The van der Waals surface area contributed by atoms with E-state index in [1.54, 1.807) is 0 Å². The minimum atomic E-state index is 0. The predicted octanol–water partition coefficient (Wildman–Crippen LogP) is 5.24. The van der Waals surface area contributed by atoms with Gasteiger partial charge in [0.05, 0.1) is 12.1 Å². The van der Waals surface area contributed by atoms with Crippen molar-refractivity contribution in [2.45, 2.75) is 58.7 Å². The van der Waals surface area contributed by atoms with Crippen molar-refractivity contribution in [1.29, 1.82) is 0 Å². The number of hydrogen-bond donors (Lipinski definition) is 2. The predicted molar refractivity (Wildman–Crippen MR) is 135 cm³/mol. The van der Waals surface area contributed by atoms with Crippen molar-refractivity contribution in [2.24, 2.45) is 0 Å². The molecule has 1 aromatic heterocycles. The van der Waals surface area contributed by atoms with E-state index in [0.29, 0.717) is 18.7 Å². The topological polar surface area (TPSA) is 62.3 Å². The number of para-hydroxylation sites is 2. The third-order valence-corrected chi connectivity index (χ3v) is 5.92. The Morgan fingerprint density at radius 1 is 0.938 bits per heavy atom. The van der Waals surface area contributed by atoms with Crippen LogP contribution < -0.4 is 20.3 Å². The number of hydrogen-bond acceptors (Lipinski definition) is 6. The van der Waals surface area contributed by atoms with Crippen LogP contribution in [0.2, 0.25) is 0 Å². The second-order valence-corrected chi connectivity index (χ2v) is 8.40. The summed E-state index contributed by atoms with van der Waals surface area (Å²) in [7, 11) is 4.05. The van der Waals surface area contributed by atoms with Crippen LogP contribution >= 0.6 is 0 Å². The molecule has 6 heteroatoms. The third kappa shape index (κ3) is 5.68. The first-order valence-electron chi connectivity index (χ1n) is 11.3. The number of rotatable bonds is 8. The molecule has 0 spiro atoms. The fourth-order valence-electron chi connectivity index (χ4n) is 4.29. The van der Waals surface area contributed by atoms with Crippen molar-refractivity contribution in [3.8, 4) is 5.75 Å². The van der Waals surface area contributed by atoms with Crippen molar-refractivity contribution in [3.05, 3.63) is 54.1 Å². The quantitative estimate of drug-likeness (QED) is 0.504. The lowest BCUT2D eigenvalue weighted by molar-refractivity contribution is 0.327. The van der Waals surface area contributed by atoms with Crippen molar-refractivity contribution >= 4 is 22.7 Å². The van der Waals surface area contributed by atoms with Gasteiger partial charge in [-0.05, 0) is 50.8 Å². The minimum Gasteiger partial charge on any atom is -0.494 e. The first-order chi connectivity index (χ1) is 15.1. The Balaban J connectivity index is 0.00000289. The van der Waals surface area contributed by atoms with Gasteiger partial charge in [-0.3, -0.25) is 0 Å². The van der Waals surface area contributed by atoms with Crippen LogP contribution in [0.25, 0.3) is 10.9 Å². The molecule has 1 fully saturated rings. The second-order valence-electron chi connectivity index (χ2n) is 8.40. The lowest BCUT2D eigenvalue weighted by Crippen LogP contribution is -2.37. The summed E-state index contributed by atoms with van der Waals surface area (Å²) >= 11 is 0. The SMILES string of the molecule is C.CCOc1ccccc1CNC1CCC(Nc2nc(N(C)C)c3ccccc3n2)CC1. The summed E-state index contributed by atoms with van der Waals surface area (Å²) in [6.07, 6.45) is 4.50. The molecule has 2 aromatic carbocycles. The highest BCUT2D eigenvalue weighted by Gasteiger charge is 2.22. The molecular weight excluding hydrogens is 398 g/mol. The molecule has 0 atom stereocenters. The summed E-state index contributed by atoms with van der Waals surface area (Å²) in [5.41, 5.74) is 2.21. The van der Waals surface area contributed by atoms with Gasteiger partial charge in [-0.25, -0.2) is 4.98 Å². The van der Waals surface area contributed by atoms with Gasteiger partial charge in [0.15, 0.2) is 0 Å². The van der Waals surface area contributed by atoms with Crippen molar-refractivity contribution in [1.82, 2.24) is 15.3 Å². The van der Waals surface area contributed by atoms with Crippen LogP contribution in [0.5, 0.6) is 5.75 Å². The summed E-state index contributed by atoms with van der Waals surface area (Å²) in [5.74, 6) is 2.67. The van der Waals surface area contributed by atoms with E-state index in [2.05, 4.69) is 39.8 Å². The Kier molecular flexibility index (Phi) is 8.28. The number of ether oxygens (including phenoxy) is 1. The van der Waals surface area contributed by atoms with Crippen LogP contribution in [0.3, 0.4) is 0 Å². The maximum atomic E-state index is 5.75. The molecule has 0 saturated heterocycles. The van der Waals surface area contributed by atoms with E-state index >= 15 is 0 Å². The molecule has 3 aromatic rings. The molecule has 32 heavy (non-hydrogen) atoms. The molecule has 172 valence electrons. The van der Waals surface area contributed by atoms with Crippen molar-refractivity contribution in [2.75, 3.05) is 30.9 Å². The van der Waals surface area contributed by atoms with Crippen LogP contribution in [0.1, 0.15) is 45.6 Å². The van der Waals surface area contributed by atoms with Crippen LogP contribution in [0, 0.1) is 0 Å². The molecule has 1 saturated carbocycles. The summed E-state index contributed by atoms with van der Waals surface area (Å²) < 4.78 is 5.75. The van der Waals surface area contributed by atoms with E-state index in [1.807, 2.05) is 45.3 Å². The molecule has 6 nitrogen and oxygen atoms in total. The summed E-state index contributed by atoms with van der Waals surface area (Å²) in [6, 6.07) is 17.4. The fourth-order valence-corrected chi connectivity index (χ4v) is 4.29. The highest BCUT2D eigenvalue weighted by molar-refractivity contribution is 5.90. The Bertz CT molecular complexity index is 998. The fraction of sp³-hybridized carbons (Fsp3) is 0.462. The average molecular weight is 436 g/mol. The first kappa shape index (κ1) is 23.8. The number of nitrogens with zero attached hydrogens (tertiary/aromatic N) is 3. The van der Waals surface area contributed by atoms with Gasteiger partial charge in [-0.1, -0.05) is 37.8 Å². The molecular formula is C26H37N5O. The molecule has 1 heterocycles. The third-order valence-electron chi connectivity index (χ3n) is 5.92. The van der Waals surface area contributed by atoms with Crippen LogP contribution in [0.4, 0.5) is 11.8 Å². The van der Waals surface area contributed by atoms with Crippen molar-refractivity contribution in [3.63, 3.8) is 0 Å². The minimum absolute atomic E-state index is 0. The molecule has 0 bridgehead atoms. The van der Waals surface area contributed by atoms with Crippen molar-refractivity contribution < 1.29 is 4.74 Å². The second kappa shape index (κ2) is 11.1. The Morgan fingerprint density at radius 2 is 1.62 bits per heavy atom. The number of benzene rings is 2. The maximum absolute atomic E-state index is 5.75. The Labute approximate surface area is 192 Å². The van der Waals surface area contributed by atoms with E-state index in [4.69, 9.17) is 14.7 Å². The standard InChI is InChI=1S/C25H33N5O.CH4/c1-4-31-23-12-8-5-9-18(23)17-26-19-13-15-20(16-14-19)27-25-28-22-11-7-6-10-21(22)24(29-25)30(2)3;/h5-12,19-20,26H,4,13-17H2,1-3H3,(H,27,28,29);1H4. The van der Waals surface area contributed by atoms with E-state index in [-0.39, 0.29) is 7.43 Å². The molecule has 2 N–H and O–H groups in total. The van der Waals surface area contributed by atoms with E-state index in [1.165, 1.54) is 5.56 Å². The van der Waals surface area contributed by atoms with Crippen LogP contribution in [0.15, 0.2) is 48.5 Å². The summed E-state index contributed by atoms with van der Waals surface area (Å²) in [4.78, 5) is 11.6. The largest absolute Gasteiger partial charge is 0.494 e. The van der Waals surface area contributed by atoms with E-state index in [0.717, 1.165) is 60.6 Å². The normalized spacial score (nSPS) is 18.1. The Hall–Kier alpha value is -2.86. The molecule has 0 amide bonds. The number of fused-ring (bicyclic) bond motifs is 1. The highest BCUT2D eigenvalue weighted by atomic mass is 16.5. The molecule has 1 aliphatic carbocycles. The summed E-state index contributed by atoms with van der Waals surface area (Å²) in [5, 5.41) is 8.40. The van der Waals surface area contributed by atoms with Gasteiger partial charge in [0, 0.05) is 43.7 Å². The molecule has 1 aliphatic rings. The Morgan fingerprint density at radius 3 is 2.38 bits per heavy atom. The lowest BCUT2D eigenvalue weighted by Gasteiger charge is -2.30. The lowest BCUT2D eigenvalue weighted by atomic mass is 9.91. The first-order valence-corrected chi connectivity index (χ1v) is 11.3. The van der Waals surface area contributed by atoms with Gasteiger partial charge in [-0.15, -0.1) is 0 Å². The smallest absolute Gasteiger partial charge is 0.225 e. The van der Waals surface area contributed by atoms with Crippen LogP contribution in [-0.4, -0.2) is 42.8 Å². The van der Waals surface area contributed by atoms with Crippen LogP contribution in [-0.2, 0) is 6.54 Å². The highest BCUT2D eigenvalue weighted by Crippen LogP contribution is 2.27. The monoisotopic (exact) mass is 435 g/mol.